The number of nitrogens with one attached hydrogen (secondary N) is 1. The Hall–Kier alpha value is -0.470. The van der Waals surface area contributed by atoms with Crippen molar-refractivity contribution in [3.8, 4) is 0 Å². The third-order valence-corrected chi connectivity index (χ3v) is 5.62. The smallest absolute Gasteiger partial charge is 0.242 e. The van der Waals surface area contributed by atoms with E-state index in [4.69, 9.17) is 9.84 Å². The second kappa shape index (κ2) is 5.88. The molecule has 1 heterocycles. The summed E-state index contributed by atoms with van der Waals surface area (Å²) in [5, 5.41) is 9.02. The van der Waals surface area contributed by atoms with Gasteiger partial charge in [-0.15, -0.1) is 0 Å². The van der Waals surface area contributed by atoms with E-state index in [0.29, 0.717) is 23.1 Å². The summed E-state index contributed by atoms with van der Waals surface area (Å²) < 4.78 is 33.0. The van der Waals surface area contributed by atoms with E-state index in [-0.39, 0.29) is 23.6 Å². The van der Waals surface area contributed by atoms with Crippen LogP contribution < -0.4 is 4.72 Å². The maximum atomic E-state index is 12.3. The van der Waals surface area contributed by atoms with Crippen LogP contribution in [0, 0.1) is 0 Å². The summed E-state index contributed by atoms with van der Waals surface area (Å²) in [5.74, 6) is 0. The number of rotatable bonds is 4. The molecule has 0 aromatic heterocycles. The molecule has 19 heavy (non-hydrogen) atoms. The molecule has 2 unspecified atom stereocenters. The fraction of sp³-hybridized carbons (Fsp3) is 0.500. The molecule has 0 aliphatic carbocycles. The summed E-state index contributed by atoms with van der Waals surface area (Å²) in [7, 11) is -3.59. The lowest BCUT2D eigenvalue weighted by Crippen LogP contribution is -2.39. The monoisotopic (exact) mass is 349 g/mol. The minimum absolute atomic E-state index is 0.120. The quantitative estimate of drug-likeness (QED) is 0.861. The lowest BCUT2D eigenvalue weighted by atomic mass is 10.2. The van der Waals surface area contributed by atoms with E-state index < -0.39 is 10.0 Å². The first-order valence-electron chi connectivity index (χ1n) is 5.97. The number of hydrogen-bond acceptors (Lipinski definition) is 4. The van der Waals surface area contributed by atoms with Gasteiger partial charge in [-0.3, -0.25) is 0 Å². The number of ether oxygens (including phenoxy) is 1. The van der Waals surface area contributed by atoms with Crippen molar-refractivity contribution in [2.45, 2.75) is 37.0 Å². The van der Waals surface area contributed by atoms with Gasteiger partial charge in [-0.2, -0.15) is 0 Å². The van der Waals surface area contributed by atoms with E-state index in [9.17, 15) is 8.42 Å². The summed E-state index contributed by atoms with van der Waals surface area (Å²) in [6, 6.07) is 4.48. The van der Waals surface area contributed by atoms with Crippen molar-refractivity contribution >= 4 is 26.0 Å². The lowest BCUT2D eigenvalue weighted by molar-refractivity contribution is 0.117. The Bertz CT molecular complexity index is 561. The topological polar surface area (TPSA) is 75.6 Å². The molecule has 1 aromatic rings. The molecule has 2 N–H and O–H groups in total. The third kappa shape index (κ3) is 3.35. The molecule has 0 saturated carbocycles. The first kappa shape index (κ1) is 14.9. The van der Waals surface area contributed by atoms with E-state index in [1.54, 1.807) is 12.1 Å². The van der Waals surface area contributed by atoms with Gasteiger partial charge in [-0.05, 0) is 47.0 Å². The SMILES string of the molecule is CC1OCCC1NS(=O)(=O)c1ccc(CO)cc1Br. The van der Waals surface area contributed by atoms with Crippen molar-refractivity contribution in [2.75, 3.05) is 6.61 Å². The molecule has 1 aliphatic heterocycles. The standard InChI is InChI=1S/C12H16BrNO4S/c1-8-11(4-5-18-8)14-19(16,17)12-3-2-9(7-15)6-10(12)13/h2-3,6,8,11,14-15H,4-5,7H2,1H3. The number of aliphatic hydroxyl groups is 1. The molecule has 7 heteroatoms. The van der Waals surface area contributed by atoms with Crippen LogP contribution in [0.4, 0.5) is 0 Å². The number of hydrogen-bond donors (Lipinski definition) is 2. The highest BCUT2D eigenvalue weighted by Crippen LogP contribution is 2.25. The summed E-state index contributed by atoms with van der Waals surface area (Å²) in [6.45, 7) is 2.29. The van der Waals surface area contributed by atoms with Crippen LogP contribution in [0.1, 0.15) is 18.9 Å². The van der Waals surface area contributed by atoms with Crippen LogP contribution in [0.2, 0.25) is 0 Å². The second-order valence-electron chi connectivity index (χ2n) is 4.52. The summed E-state index contributed by atoms with van der Waals surface area (Å²) >= 11 is 3.23. The summed E-state index contributed by atoms with van der Waals surface area (Å²) in [4.78, 5) is 0.170. The zero-order valence-corrected chi connectivity index (χ0v) is 12.9. The van der Waals surface area contributed by atoms with Crippen LogP contribution in [0.3, 0.4) is 0 Å². The molecule has 1 aliphatic rings. The van der Waals surface area contributed by atoms with Crippen LogP contribution in [0.5, 0.6) is 0 Å². The van der Waals surface area contributed by atoms with Gasteiger partial charge in [0.15, 0.2) is 0 Å². The molecule has 1 saturated heterocycles. The molecule has 1 aromatic carbocycles. The predicted octanol–water partition coefficient (Wildman–Crippen LogP) is 1.40. The Morgan fingerprint density at radius 3 is 2.79 bits per heavy atom. The Balaban J connectivity index is 2.24. The molecule has 0 radical (unpaired) electrons. The third-order valence-electron chi connectivity index (χ3n) is 3.15. The fourth-order valence-corrected chi connectivity index (χ4v) is 4.47. The van der Waals surface area contributed by atoms with Crippen LogP contribution in [-0.4, -0.2) is 32.3 Å². The zero-order valence-electron chi connectivity index (χ0n) is 10.5. The molecular formula is C12H16BrNO4S. The Morgan fingerprint density at radius 2 is 2.26 bits per heavy atom. The molecule has 0 spiro atoms. The van der Waals surface area contributed by atoms with Crippen LogP contribution in [0.25, 0.3) is 0 Å². The summed E-state index contributed by atoms with van der Waals surface area (Å²) in [6.07, 6.45) is 0.553. The predicted molar refractivity (Wildman–Crippen MR) is 74.2 cm³/mol. The van der Waals surface area contributed by atoms with Gasteiger partial charge >= 0.3 is 0 Å². The molecule has 0 amide bonds. The first-order valence-corrected chi connectivity index (χ1v) is 8.25. The van der Waals surface area contributed by atoms with Crippen LogP contribution in [0.15, 0.2) is 27.6 Å². The highest BCUT2D eigenvalue weighted by molar-refractivity contribution is 9.10. The number of aliphatic hydroxyl groups excluding tert-OH is 1. The Morgan fingerprint density at radius 1 is 1.53 bits per heavy atom. The van der Waals surface area contributed by atoms with Gasteiger partial charge in [0.2, 0.25) is 10.0 Å². The molecule has 0 bridgehead atoms. The summed E-state index contributed by atoms with van der Waals surface area (Å²) in [5.41, 5.74) is 0.656. The normalized spacial score (nSPS) is 23.7. The van der Waals surface area contributed by atoms with Gasteiger partial charge in [0, 0.05) is 11.1 Å². The Labute approximate surface area is 121 Å². The molecule has 2 atom stereocenters. The fourth-order valence-electron chi connectivity index (χ4n) is 2.01. The highest BCUT2D eigenvalue weighted by Gasteiger charge is 2.30. The minimum Gasteiger partial charge on any atom is -0.392 e. The first-order chi connectivity index (χ1) is 8.94. The van der Waals surface area contributed by atoms with E-state index in [2.05, 4.69) is 20.7 Å². The van der Waals surface area contributed by atoms with Gasteiger partial charge < -0.3 is 9.84 Å². The van der Waals surface area contributed by atoms with Gasteiger partial charge in [0.25, 0.3) is 0 Å². The maximum Gasteiger partial charge on any atom is 0.242 e. The molecular weight excluding hydrogens is 334 g/mol. The van der Waals surface area contributed by atoms with Gasteiger partial charge in [-0.25, -0.2) is 13.1 Å². The van der Waals surface area contributed by atoms with E-state index in [1.165, 1.54) is 6.07 Å². The maximum absolute atomic E-state index is 12.3. The van der Waals surface area contributed by atoms with Gasteiger partial charge in [0.05, 0.1) is 23.6 Å². The van der Waals surface area contributed by atoms with E-state index in [1.807, 2.05) is 6.92 Å². The average Bonchev–Trinajstić information content (AvgIpc) is 2.73. The largest absolute Gasteiger partial charge is 0.392 e. The van der Waals surface area contributed by atoms with Crippen LogP contribution >= 0.6 is 15.9 Å². The average molecular weight is 350 g/mol. The highest BCUT2D eigenvalue weighted by atomic mass is 79.9. The molecule has 106 valence electrons. The number of benzene rings is 1. The van der Waals surface area contributed by atoms with Crippen molar-refractivity contribution in [3.63, 3.8) is 0 Å². The van der Waals surface area contributed by atoms with Gasteiger partial charge in [0.1, 0.15) is 0 Å². The molecule has 2 rings (SSSR count). The zero-order chi connectivity index (χ0) is 14.0. The van der Waals surface area contributed by atoms with Crippen molar-refractivity contribution in [3.05, 3.63) is 28.2 Å². The van der Waals surface area contributed by atoms with Crippen LogP contribution in [-0.2, 0) is 21.4 Å². The number of sulfonamides is 1. The Kier molecular flexibility index (Phi) is 4.62. The second-order valence-corrected chi connectivity index (χ2v) is 7.05. The van der Waals surface area contributed by atoms with E-state index in [0.717, 1.165) is 0 Å². The van der Waals surface area contributed by atoms with Crippen molar-refractivity contribution < 1.29 is 18.3 Å². The van der Waals surface area contributed by atoms with Gasteiger partial charge in [-0.1, -0.05) is 6.07 Å². The van der Waals surface area contributed by atoms with Crippen molar-refractivity contribution in [1.29, 1.82) is 0 Å². The van der Waals surface area contributed by atoms with Crippen molar-refractivity contribution in [2.24, 2.45) is 0 Å². The molecule has 1 fully saturated rings. The number of halogens is 1. The van der Waals surface area contributed by atoms with E-state index >= 15 is 0 Å². The lowest BCUT2D eigenvalue weighted by Gasteiger charge is -2.17. The molecule has 5 nitrogen and oxygen atoms in total. The van der Waals surface area contributed by atoms with Crippen molar-refractivity contribution in [1.82, 2.24) is 4.72 Å². The minimum atomic E-state index is -3.59.